The number of amides is 1. The summed E-state index contributed by atoms with van der Waals surface area (Å²) in [6.45, 7) is 1.06. The molecule has 0 unspecified atom stereocenters. The monoisotopic (exact) mass is 439 g/mol. The summed E-state index contributed by atoms with van der Waals surface area (Å²) >= 11 is 0. The molecular formula is C24H22BN5O3. The molecule has 0 spiro atoms. The molecule has 0 fully saturated rings. The number of para-hydroxylation sites is 1. The number of rotatable bonds is 7. The smallest absolute Gasteiger partial charge is 0.287 e. The van der Waals surface area contributed by atoms with Gasteiger partial charge in [-0.1, -0.05) is 30.4 Å². The van der Waals surface area contributed by atoms with Crippen molar-refractivity contribution in [2.75, 3.05) is 18.4 Å². The summed E-state index contributed by atoms with van der Waals surface area (Å²) in [5.74, 6) is 1.07. The summed E-state index contributed by atoms with van der Waals surface area (Å²) < 4.78 is 7.23. The summed E-state index contributed by atoms with van der Waals surface area (Å²) in [5.41, 5.74) is 2.98. The summed E-state index contributed by atoms with van der Waals surface area (Å²) in [7, 11) is 6.04. The molecule has 1 aliphatic rings. The van der Waals surface area contributed by atoms with Gasteiger partial charge in [0.15, 0.2) is 11.4 Å². The molecule has 0 bridgehead atoms. The highest BCUT2D eigenvalue weighted by molar-refractivity contribution is 6.36. The SMILES string of the molecule is [B]c1cnn2c(NCCCNC(=O)c3cc4ccccc4o3)cc(C3=C(O)CCC=C3)nc12. The third kappa shape index (κ3) is 4.21. The molecule has 2 radical (unpaired) electrons. The van der Waals surface area contributed by atoms with Crippen molar-refractivity contribution in [2.24, 2.45) is 0 Å². The summed E-state index contributed by atoms with van der Waals surface area (Å²) in [6.07, 6.45) is 7.50. The Balaban J connectivity index is 1.24. The highest BCUT2D eigenvalue weighted by Crippen LogP contribution is 2.26. The Labute approximate surface area is 191 Å². The highest BCUT2D eigenvalue weighted by Gasteiger charge is 2.15. The molecule has 1 aliphatic carbocycles. The van der Waals surface area contributed by atoms with Crippen LogP contribution in [0.5, 0.6) is 0 Å². The molecule has 0 atom stereocenters. The molecule has 0 saturated heterocycles. The van der Waals surface area contributed by atoms with Crippen molar-refractivity contribution in [1.82, 2.24) is 19.9 Å². The zero-order valence-electron chi connectivity index (χ0n) is 17.9. The second-order valence-electron chi connectivity index (χ2n) is 7.85. The molecule has 9 heteroatoms. The number of allylic oxidation sites excluding steroid dienone is 4. The van der Waals surface area contributed by atoms with Gasteiger partial charge in [0, 0.05) is 42.7 Å². The van der Waals surface area contributed by atoms with Crippen LogP contribution in [-0.2, 0) is 0 Å². The number of hydrogen-bond donors (Lipinski definition) is 3. The first kappa shape index (κ1) is 20.9. The standard InChI is InChI=1S/C24H22BN5O3/c25-17-14-28-30-22(13-18(29-23(17)30)16-7-2-3-8-19(16)31)26-10-5-11-27-24(32)21-12-15-6-1-4-9-20(15)33-21/h1-2,4,6-7,9,12-14,26,31H,3,5,8,10-11H2,(H,27,32). The van der Waals surface area contributed by atoms with Gasteiger partial charge in [0.1, 0.15) is 25.0 Å². The van der Waals surface area contributed by atoms with Gasteiger partial charge in [-0.05, 0) is 30.4 Å². The molecular weight excluding hydrogens is 417 g/mol. The number of aromatic nitrogens is 3. The van der Waals surface area contributed by atoms with Crippen molar-refractivity contribution in [3.05, 3.63) is 72.0 Å². The maximum atomic E-state index is 12.4. The predicted molar refractivity (Wildman–Crippen MR) is 128 cm³/mol. The van der Waals surface area contributed by atoms with Crippen LogP contribution in [-0.4, -0.2) is 46.5 Å². The first-order valence-corrected chi connectivity index (χ1v) is 10.8. The molecule has 8 nitrogen and oxygen atoms in total. The zero-order valence-corrected chi connectivity index (χ0v) is 17.9. The van der Waals surface area contributed by atoms with Crippen LogP contribution in [0.15, 0.2) is 64.9 Å². The van der Waals surface area contributed by atoms with E-state index in [1.165, 1.54) is 0 Å². The first-order valence-electron chi connectivity index (χ1n) is 10.8. The van der Waals surface area contributed by atoms with Gasteiger partial charge in [-0.2, -0.15) is 9.61 Å². The Kier molecular flexibility index (Phi) is 5.60. The Morgan fingerprint density at radius 2 is 2.12 bits per heavy atom. The van der Waals surface area contributed by atoms with E-state index in [4.69, 9.17) is 12.3 Å². The number of carbonyl (C=O) groups excluding carboxylic acids is 1. The van der Waals surface area contributed by atoms with E-state index in [0.717, 1.165) is 11.8 Å². The van der Waals surface area contributed by atoms with Crippen molar-refractivity contribution in [2.45, 2.75) is 19.3 Å². The number of furan rings is 1. The van der Waals surface area contributed by atoms with Gasteiger partial charge in [0.05, 0.1) is 5.69 Å². The van der Waals surface area contributed by atoms with E-state index in [9.17, 15) is 9.90 Å². The van der Waals surface area contributed by atoms with E-state index >= 15 is 0 Å². The van der Waals surface area contributed by atoms with E-state index in [0.29, 0.717) is 71.2 Å². The second-order valence-corrected chi connectivity index (χ2v) is 7.85. The first-order chi connectivity index (χ1) is 16.1. The molecule has 164 valence electrons. The average Bonchev–Trinajstić information content (AvgIpc) is 3.43. The molecule has 3 heterocycles. The second kappa shape index (κ2) is 8.86. The highest BCUT2D eigenvalue weighted by atomic mass is 16.3. The van der Waals surface area contributed by atoms with E-state index in [1.54, 1.807) is 16.8 Å². The van der Waals surface area contributed by atoms with Crippen molar-refractivity contribution in [1.29, 1.82) is 0 Å². The van der Waals surface area contributed by atoms with E-state index in [2.05, 4.69) is 20.7 Å². The molecule has 0 saturated carbocycles. The maximum absolute atomic E-state index is 12.4. The van der Waals surface area contributed by atoms with Gasteiger partial charge < -0.3 is 20.2 Å². The summed E-state index contributed by atoms with van der Waals surface area (Å²) in [6, 6.07) is 11.1. The van der Waals surface area contributed by atoms with Crippen molar-refractivity contribution in [3.8, 4) is 0 Å². The number of benzene rings is 1. The van der Waals surface area contributed by atoms with Crippen LogP contribution in [0.4, 0.5) is 5.82 Å². The van der Waals surface area contributed by atoms with Crippen LogP contribution in [0.1, 0.15) is 35.5 Å². The minimum atomic E-state index is -0.244. The Morgan fingerprint density at radius 3 is 2.97 bits per heavy atom. The fourth-order valence-corrected chi connectivity index (χ4v) is 3.82. The predicted octanol–water partition coefficient (Wildman–Crippen LogP) is 3.12. The summed E-state index contributed by atoms with van der Waals surface area (Å²) in [5, 5.41) is 21.7. The largest absolute Gasteiger partial charge is 0.512 e. The lowest BCUT2D eigenvalue weighted by Crippen LogP contribution is -2.25. The quantitative estimate of drug-likeness (QED) is 0.302. The molecule has 1 aromatic carbocycles. The van der Waals surface area contributed by atoms with Crippen LogP contribution < -0.4 is 16.1 Å². The number of anilines is 1. The molecule has 33 heavy (non-hydrogen) atoms. The van der Waals surface area contributed by atoms with Gasteiger partial charge in [0.2, 0.25) is 0 Å². The Bertz CT molecular complexity index is 1370. The molecule has 3 aromatic heterocycles. The van der Waals surface area contributed by atoms with Gasteiger partial charge in [-0.3, -0.25) is 4.79 Å². The minimum Gasteiger partial charge on any atom is -0.512 e. The minimum absolute atomic E-state index is 0.244. The Hall–Kier alpha value is -4.01. The number of aliphatic hydroxyl groups is 1. The fraction of sp³-hybridized carbons (Fsp3) is 0.208. The van der Waals surface area contributed by atoms with Crippen molar-refractivity contribution in [3.63, 3.8) is 0 Å². The topological polar surface area (TPSA) is 105 Å². The number of fused-ring (bicyclic) bond motifs is 2. The van der Waals surface area contributed by atoms with Gasteiger partial charge in [0.25, 0.3) is 5.91 Å². The Morgan fingerprint density at radius 1 is 1.24 bits per heavy atom. The fourth-order valence-electron chi connectivity index (χ4n) is 3.82. The van der Waals surface area contributed by atoms with Gasteiger partial charge in [-0.15, -0.1) is 0 Å². The third-order valence-corrected chi connectivity index (χ3v) is 5.51. The maximum Gasteiger partial charge on any atom is 0.287 e. The van der Waals surface area contributed by atoms with Crippen LogP contribution in [0.2, 0.25) is 0 Å². The third-order valence-electron chi connectivity index (χ3n) is 5.51. The summed E-state index contributed by atoms with van der Waals surface area (Å²) in [4.78, 5) is 17.0. The lowest BCUT2D eigenvalue weighted by Gasteiger charge is -2.14. The van der Waals surface area contributed by atoms with Crippen LogP contribution in [0.3, 0.4) is 0 Å². The van der Waals surface area contributed by atoms with Crippen molar-refractivity contribution < 1.29 is 14.3 Å². The van der Waals surface area contributed by atoms with Crippen LogP contribution in [0, 0.1) is 0 Å². The van der Waals surface area contributed by atoms with E-state index in [-0.39, 0.29) is 5.91 Å². The number of nitrogens with one attached hydrogen (secondary N) is 2. The van der Waals surface area contributed by atoms with Crippen LogP contribution >= 0.6 is 0 Å². The lowest BCUT2D eigenvalue weighted by atomic mass is 9.99. The molecule has 1 amide bonds. The van der Waals surface area contributed by atoms with Crippen LogP contribution in [0.25, 0.3) is 22.2 Å². The number of aliphatic hydroxyl groups excluding tert-OH is 1. The number of nitrogens with zero attached hydrogens (tertiary/aromatic N) is 3. The molecule has 3 N–H and O–H groups in total. The van der Waals surface area contributed by atoms with E-state index in [1.807, 2.05) is 42.5 Å². The number of hydrogen-bond acceptors (Lipinski definition) is 6. The zero-order chi connectivity index (χ0) is 22.8. The number of carbonyl (C=O) groups is 1. The molecule has 4 aromatic rings. The van der Waals surface area contributed by atoms with Gasteiger partial charge in [-0.25, -0.2) is 4.98 Å². The lowest BCUT2D eigenvalue weighted by molar-refractivity contribution is 0.0928. The molecule has 0 aliphatic heterocycles. The van der Waals surface area contributed by atoms with Crippen molar-refractivity contribution >= 4 is 47.2 Å². The van der Waals surface area contributed by atoms with Gasteiger partial charge >= 0.3 is 0 Å². The van der Waals surface area contributed by atoms with E-state index < -0.39 is 0 Å². The molecule has 5 rings (SSSR count). The average molecular weight is 439 g/mol. The normalized spacial score (nSPS) is 13.7.